The van der Waals surface area contributed by atoms with Gasteiger partial charge in [-0.25, -0.2) is 0 Å². The van der Waals surface area contributed by atoms with Crippen LogP contribution in [0.3, 0.4) is 0 Å². The Morgan fingerprint density at radius 3 is 1.31 bits per heavy atom. The fraction of sp³-hybridized carbons (Fsp3) is 1.00. The second-order valence-corrected chi connectivity index (χ2v) is 3.73. The highest BCUT2D eigenvalue weighted by Gasteiger charge is 2.03. The molecule has 0 aliphatic heterocycles. The van der Waals surface area contributed by atoms with Gasteiger partial charge in [0.25, 0.3) is 0 Å². The predicted octanol–water partition coefficient (Wildman–Crippen LogP) is 1.82. The molecule has 0 radical (unpaired) electrons. The molecule has 0 heterocycles. The number of hydrogen-bond acceptors (Lipinski definition) is 3. The van der Waals surface area contributed by atoms with Crippen molar-refractivity contribution in [2.24, 2.45) is 0 Å². The summed E-state index contributed by atoms with van der Waals surface area (Å²) in [5, 5.41) is 15.6. The van der Waals surface area contributed by atoms with Crippen LogP contribution in [0.2, 0.25) is 0 Å². The minimum atomic E-state index is -0.167. The maximum absolute atomic E-state index is 8.06. The van der Waals surface area contributed by atoms with Crippen molar-refractivity contribution in [1.82, 2.24) is 0 Å². The van der Waals surface area contributed by atoms with Gasteiger partial charge in [-0.15, -0.1) is 0 Å². The Bertz CT molecular complexity index is 72.0. The molecule has 0 aromatic rings. The maximum Gasteiger partial charge on any atom is 0.0594 e. The average molecular weight is 194 g/mol. The minimum Gasteiger partial charge on any atom is -0.397 e. The van der Waals surface area contributed by atoms with Crippen LogP contribution in [0.1, 0.15) is 41.5 Å². The smallest absolute Gasteiger partial charge is 0.0594 e. The quantitative estimate of drug-likeness (QED) is 0.618. The van der Waals surface area contributed by atoms with E-state index in [-0.39, 0.29) is 18.3 Å². The van der Waals surface area contributed by atoms with Gasteiger partial charge in [-0.1, -0.05) is 0 Å². The largest absolute Gasteiger partial charge is 0.397 e. The van der Waals surface area contributed by atoms with E-state index in [1.54, 1.807) is 27.9 Å². The molecule has 0 saturated heterocycles. The third-order valence-corrected chi connectivity index (χ3v) is 0.612. The fourth-order valence-corrected chi connectivity index (χ4v) is 0. The highest BCUT2D eigenvalue weighted by molar-refractivity contribution is 4.55. The van der Waals surface area contributed by atoms with Crippen LogP contribution in [0.15, 0.2) is 0 Å². The van der Waals surface area contributed by atoms with Crippen LogP contribution >= 0.6 is 0 Å². The van der Waals surface area contributed by atoms with E-state index in [1.165, 1.54) is 0 Å². The normalized spacial score (nSPS) is 9.69. The molecule has 0 spiro atoms. The highest BCUT2D eigenvalue weighted by atomic mass is 16.5. The summed E-state index contributed by atoms with van der Waals surface area (Å²) in [4.78, 5) is 0. The predicted molar refractivity (Wildman–Crippen MR) is 56.9 cm³/mol. The number of ether oxygens (including phenoxy) is 1. The van der Waals surface area contributed by atoms with Gasteiger partial charge in [-0.2, -0.15) is 0 Å². The first-order chi connectivity index (χ1) is 5.71. The van der Waals surface area contributed by atoms with Crippen LogP contribution in [0.4, 0.5) is 0 Å². The van der Waals surface area contributed by atoms with E-state index >= 15 is 0 Å². The Kier molecular flexibility index (Phi) is 17.0. The SMILES string of the molecule is CC(C)O.CCO.COC(C)(C)C. The van der Waals surface area contributed by atoms with Crippen molar-refractivity contribution < 1.29 is 14.9 Å². The zero-order valence-corrected chi connectivity index (χ0v) is 10.1. The summed E-state index contributed by atoms with van der Waals surface area (Å²) in [6.07, 6.45) is -0.167. The van der Waals surface area contributed by atoms with E-state index in [0.29, 0.717) is 0 Å². The summed E-state index contributed by atoms with van der Waals surface area (Å²) in [5.41, 5.74) is 0.0417. The zero-order chi connectivity index (χ0) is 11.5. The van der Waals surface area contributed by atoms with Crippen molar-refractivity contribution in [2.75, 3.05) is 13.7 Å². The molecule has 0 aromatic carbocycles. The maximum atomic E-state index is 8.06. The number of aliphatic hydroxyl groups excluding tert-OH is 2. The highest BCUT2D eigenvalue weighted by Crippen LogP contribution is 2.02. The summed E-state index contributed by atoms with van der Waals surface area (Å²) >= 11 is 0. The third kappa shape index (κ3) is 140. The summed E-state index contributed by atoms with van der Waals surface area (Å²) in [5.74, 6) is 0. The van der Waals surface area contributed by atoms with Gasteiger partial charge >= 0.3 is 0 Å². The third-order valence-electron chi connectivity index (χ3n) is 0.612. The van der Waals surface area contributed by atoms with E-state index < -0.39 is 0 Å². The monoisotopic (exact) mass is 194 g/mol. The van der Waals surface area contributed by atoms with Crippen LogP contribution < -0.4 is 0 Å². The van der Waals surface area contributed by atoms with Crippen LogP contribution in [0.5, 0.6) is 0 Å². The van der Waals surface area contributed by atoms with Gasteiger partial charge in [-0.3, -0.25) is 0 Å². The Labute approximate surface area is 82.7 Å². The van der Waals surface area contributed by atoms with Crippen LogP contribution in [-0.2, 0) is 4.74 Å². The molecule has 13 heavy (non-hydrogen) atoms. The Balaban J connectivity index is -0.000000125. The molecule has 2 N–H and O–H groups in total. The first-order valence-electron chi connectivity index (χ1n) is 4.55. The lowest BCUT2D eigenvalue weighted by molar-refractivity contribution is 0.0397. The molecule has 0 bridgehead atoms. The standard InChI is InChI=1S/C5H12O.C3H8O.C2H6O/c1-5(2,3)6-4;1-3(2)4;1-2-3/h1-4H3;3-4H,1-2H3;3H,2H2,1H3. The van der Waals surface area contributed by atoms with Gasteiger partial charge in [0.15, 0.2) is 0 Å². The molecule has 84 valence electrons. The molecule has 0 aromatic heterocycles. The van der Waals surface area contributed by atoms with E-state index in [0.717, 1.165) is 0 Å². The van der Waals surface area contributed by atoms with Gasteiger partial charge in [0.05, 0.1) is 5.60 Å². The van der Waals surface area contributed by atoms with Crippen LogP contribution in [0.25, 0.3) is 0 Å². The van der Waals surface area contributed by atoms with E-state index in [2.05, 4.69) is 0 Å². The van der Waals surface area contributed by atoms with Crippen LogP contribution in [0, 0.1) is 0 Å². The van der Waals surface area contributed by atoms with Crippen molar-refractivity contribution in [2.45, 2.75) is 53.2 Å². The summed E-state index contributed by atoms with van der Waals surface area (Å²) in [6.45, 7) is 11.4. The molecule has 0 aliphatic rings. The van der Waals surface area contributed by atoms with E-state index in [9.17, 15) is 0 Å². The van der Waals surface area contributed by atoms with Crippen molar-refractivity contribution in [3.63, 3.8) is 0 Å². The summed E-state index contributed by atoms with van der Waals surface area (Å²) in [7, 11) is 1.71. The molecule has 0 fully saturated rings. The number of hydrogen-bond donors (Lipinski definition) is 2. The molecule has 3 nitrogen and oxygen atoms in total. The molecule has 0 aliphatic carbocycles. The minimum absolute atomic E-state index is 0.0417. The number of methoxy groups -OCH3 is 1. The molecule has 0 rings (SSSR count). The number of aliphatic hydroxyl groups is 2. The van der Waals surface area contributed by atoms with Crippen LogP contribution in [-0.4, -0.2) is 35.6 Å². The molecule has 0 atom stereocenters. The van der Waals surface area contributed by atoms with Crippen molar-refractivity contribution in [1.29, 1.82) is 0 Å². The molecular weight excluding hydrogens is 168 g/mol. The topological polar surface area (TPSA) is 49.7 Å². The fourth-order valence-electron chi connectivity index (χ4n) is 0. The summed E-state index contributed by atoms with van der Waals surface area (Å²) < 4.78 is 4.94. The van der Waals surface area contributed by atoms with Crippen molar-refractivity contribution >= 4 is 0 Å². The van der Waals surface area contributed by atoms with E-state index in [1.807, 2.05) is 20.8 Å². The Morgan fingerprint density at radius 2 is 1.31 bits per heavy atom. The molecule has 0 amide bonds. The van der Waals surface area contributed by atoms with E-state index in [4.69, 9.17) is 14.9 Å². The molecule has 3 heteroatoms. The Hall–Kier alpha value is -0.120. The summed E-state index contributed by atoms with van der Waals surface area (Å²) in [6, 6.07) is 0. The van der Waals surface area contributed by atoms with Crippen molar-refractivity contribution in [3.8, 4) is 0 Å². The number of rotatable bonds is 0. The average Bonchev–Trinajstić information content (AvgIpc) is 1.86. The Morgan fingerprint density at radius 1 is 1.23 bits per heavy atom. The van der Waals surface area contributed by atoms with Crippen molar-refractivity contribution in [3.05, 3.63) is 0 Å². The van der Waals surface area contributed by atoms with Gasteiger partial charge in [0.1, 0.15) is 0 Å². The lowest BCUT2D eigenvalue weighted by atomic mass is 10.2. The zero-order valence-electron chi connectivity index (χ0n) is 10.1. The second-order valence-electron chi connectivity index (χ2n) is 3.73. The lowest BCUT2D eigenvalue weighted by Crippen LogP contribution is -2.15. The van der Waals surface area contributed by atoms with Gasteiger partial charge in [-0.05, 0) is 41.5 Å². The molecular formula is C10H26O3. The lowest BCUT2D eigenvalue weighted by Gasteiger charge is -2.14. The van der Waals surface area contributed by atoms with Gasteiger partial charge in [0, 0.05) is 19.8 Å². The first-order valence-corrected chi connectivity index (χ1v) is 4.55. The molecule has 0 unspecified atom stereocenters. The first kappa shape index (κ1) is 18.6. The van der Waals surface area contributed by atoms with Gasteiger partial charge in [0.2, 0.25) is 0 Å². The molecule has 0 saturated carbocycles. The second kappa shape index (κ2) is 11.9. The van der Waals surface area contributed by atoms with Gasteiger partial charge < -0.3 is 14.9 Å².